The van der Waals surface area contributed by atoms with Gasteiger partial charge in [0.25, 0.3) is 5.91 Å². The highest BCUT2D eigenvalue weighted by Gasteiger charge is 2.23. The van der Waals surface area contributed by atoms with Gasteiger partial charge in [-0.25, -0.2) is 4.79 Å². The van der Waals surface area contributed by atoms with Crippen LogP contribution in [-0.4, -0.2) is 29.7 Å². The molecule has 0 aliphatic heterocycles. The summed E-state index contributed by atoms with van der Waals surface area (Å²) in [6.45, 7) is 3.45. The van der Waals surface area contributed by atoms with Crippen LogP contribution < -0.4 is 10.1 Å². The lowest BCUT2D eigenvalue weighted by Gasteiger charge is -2.16. The zero-order valence-corrected chi connectivity index (χ0v) is 16.1. The number of aryl methyl sites for hydroxylation is 1. The van der Waals surface area contributed by atoms with Crippen LogP contribution >= 0.6 is 11.3 Å². The largest absolute Gasteiger partial charge is 0.495 e. The zero-order valence-electron chi connectivity index (χ0n) is 15.3. The van der Waals surface area contributed by atoms with Crippen LogP contribution in [0.25, 0.3) is 5.69 Å². The van der Waals surface area contributed by atoms with Gasteiger partial charge in [-0.2, -0.15) is 0 Å². The second-order valence-corrected chi connectivity index (χ2v) is 6.88. The van der Waals surface area contributed by atoms with Crippen molar-refractivity contribution < 1.29 is 19.1 Å². The van der Waals surface area contributed by atoms with Gasteiger partial charge in [0, 0.05) is 12.4 Å². The van der Waals surface area contributed by atoms with Crippen LogP contribution in [0.5, 0.6) is 5.75 Å². The van der Waals surface area contributed by atoms with E-state index in [2.05, 4.69) is 5.32 Å². The van der Waals surface area contributed by atoms with Crippen molar-refractivity contribution >= 4 is 28.9 Å². The minimum atomic E-state index is -0.956. The topological polar surface area (TPSA) is 69.6 Å². The van der Waals surface area contributed by atoms with Gasteiger partial charge in [0.05, 0.1) is 18.5 Å². The molecule has 140 valence electrons. The Labute approximate surface area is 161 Å². The Balaban J connectivity index is 1.70. The van der Waals surface area contributed by atoms with Crippen molar-refractivity contribution in [3.8, 4) is 11.4 Å². The third-order valence-electron chi connectivity index (χ3n) is 3.98. The molecule has 1 aromatic carbocycles. The third kappa shape index (κ3) is 4.20. The fourth-order valence-corrected chi connectivity index (χ4v) is 3.35. The standard InChI is InChI=1S/C20H20N2O4S/c1-13-6-7-17(25-3)15(12-13)21-19(23)14(2)26-20(24)18-16(8-11-27-18)22-9-4-5-10-22/h4-12,14H,1-3H3,(H,21,23). The van der Waals surface area contributed by atoms with Crippen LogP contribution in [0, 0.1) is 6.92 Å². The minimum absolute atomic E-state index is 0.425. The number of nitrogens with zero attached hydrogens (tertiary/aromatic N) is 1. The summed E-state index contributed by atoms with van der Waals surface area (Å²) in [5, 5.41) is 4.57. The smallest absolute Gasteiger partial charge is 0.351 e. The Bertz CT molecular complexity index is 947. The number of thiophene rings is 1. The Morgan fingerprint density at radius 1 is 1.19 bits per heavy atom. The molecule has 0 bridgehead atoms. The van der Waals surface area contributed by atoms with Crippen molar-refractivity contribution in [2.75, 3.05) is 12.4 Å². The number of hydrogen-bond acceptors (Lipinski definition) is 5. The summed E-state index contributed by atoms with van der Waals surface area (Å²) < 4.78 is 12.5. The molecular formula is C20H20N2O4S. The van der Waals surface area contributed by atoms with Gasteiger partial charge in [-0.1, -0.05) is 6.07 Å². The van der Waals surface area contributed by atoms with Crippen molar-refractivity contribution in [2.24, 2.45) is 0 Å². The highest BCUT2D eigenvalue weighted by atomic mass is 32.1. The molecule has 3 rings (SSSR count). The van der Waals surface area contributed by atoms with Gasteiger partial charge in [0.2, 0.25) is 0 Å². The van der Waals surface area contributed by atoms with E-state index in [1.807, 2.05) is 53.5 Å². The van der Waals surface area contributed by atoms with E-state index in [0.717, 1.165) is 11.3 Å². The molecule has 0 saturated heterocycles. The normalized spacial score (nSPS) is 11.7. The number of amides is 1. The van der Waals surface area contributed by atoms with Crippen molar-refractivity contribution in [2.45, 2.75) is 20.0 Å². The summed E-state index contributed by atoms with van der Waals surface area (Å²) in [6, 6.07) is 11.0. The SMILES string of the molecule is COc1ccc(C)cc1NC(=O)C(C)OC(=O)c1sccc1-n1cccc1. The van der Waals surface area contributed by atoms with Crippen LogP contribution in [0.1, 0.15) is 22.2 Å². The maximum absolute atomic E-state index is 12.5. The molecule has 7 heteroatoms. The number of anilines is 1. The molecule has 0 radical (unpaired) electrons. The zero-order chi connectivity index (χ0) is 19.4. The first-order valence-corrected chi connectivity index (χ1v) is 9.25. The third-order valence-corrected chi connectivity index (χ3v) is 4.86. The second-order valence-electron chi connectivity index (χ2n) is 5.97. The Kier molecular flexibility index (Phi) is 5.61. The average Bonchev–Trinajstić information content (AvgIpc) is 3.33. The number of methoxy groups -OCH3 is 1. The number of hydrogen-bond donors (Lipinski definition) is 1. The monoisotopic (exact) mass is 384 g/mol. The Morgan fingerprint density at radius 3 is 2.63 bits per heavy atom. The number of ether oxygens (including phenoxy) is 2. The predicted molar refractivity (Wildman–Crippen MR) is 105 cm³/mol. The average molecular weight is 384 g/mol. The van der Waals surface area contributed by atoms with Crippen molar-refractivity contribution in [3.63, 3.8) is 0 Å². The summed E-state index contributed by atoms with van der Waals surface area (Å²) in [7, 11) is 1.53. The summed E-state index contributed by atoms with van der Waals surface area (Å²) in [4.78, 5) is 25.4. The second kappa shape index (κ2) is 8.09. The first-order chi connectivity index (χ1) is 13.0. The van der Waals surface area contributed by atoms with Gasteiger partial charge in [-0.3, -0.25) is 4.79 Å². The summed E-state index contributed by atoms with van der Waals surface area (Å²) in [5.74, 6) is -0.417. The van der Waals surface area contributed by atoms with Crippen molar-refractivity contribution in [1.29, 1.82) is 0 Å². The number of benzene rings is 1. The maximum atomic E-state index is 12.5. The van der Waals surface area contributed by atoms with Crippen molar-refractivity contribution in [1.82, 2.24) is 4.57 Å². The first kappa shape index (κ1) is 18.7. The Morgan fingerprint density at radius 2 is 1.93 bits per heavy atom. The van der Waals surface area contributed by atoms with Crippen LogP contribution in [0.15, 0.2) is 54.2 Å². The van der Waals surface area contributed by atoms with Crippen LogP contribution in [-0.2, 0) is 9.53 Å². The van der Waals surface area contributed by atoms with Crippen LogP contribution in [0.3, 0.4) is 0 Å². The fourth-order valence-electron chi connectivity index (χ4n) is 2.58. The molecule has 2 aromatic heterocycles. The van der Waals surface area contributed by atoms with Gasteiger partial charge >= 0.3 is 5.97 Å². The number of esters is 1. The molecule has 1 atom stereocenters. The molecule has 0 fully saturated rings. The molecule has 0 spiro atoms. The molecule has 0 aliphatic rings. The summed E-state index contributed by atoms with van der Waals surface area (Å²) in [6.07, 6.45) is 2.74. The van der Waals surface area contributed by atoms with E-state index in [4.69, 9.17) is 9.47 Å². The number of rotatable bonds is 6. The molecule has 1 amide bonds. The molecular weight excluding hydrogens is 364 g/mol. The highest BCUT2D eigenvalue weighted by molar-refractivity contribution is 7.12. The molecule has 3 aromatic rings. The van der Waals surface area contributed by atoms with E-state index in [0.29, 0.717) is 16.3 Å². The summed E-state index contributed by atoms with van der Waals surface area (Å²) >= 11 is 1.27. The molecule has 0 aliphatic carbocycles. The lowest BCUT2D eigenvalue weighted by atomic mass is 10.2. The van der Waals surface area contributed by atoms with Gasteiger partial charge in [-0.05, 0) is 55.1 Å². The molecule has 27 heavy (non-hydrogen) atoms. The lowest BCUT2D eigenvalue weighted by Crippen LogP contribution is -2.30. The van der Waals surface area contributed by atoms with Gasteiger partial charge in [0.1, 0.15) is 10.6 Å². The number of carbonyl (C=O) groups excluding carboxylic acids is 2. The highest BCUT2D eigenvalue weighted by Crippen LogP contribution is 2.26. The first-order valence-electron chi connectivity index (χ1n) is 8.37. The maximum Gasteiger partial charge on any atom is 0.351 e. The van der Waals surface area contributed by atoms with Gasteiger partial charge < -0.3 is 19.4 Å². The summed E-state index contributed by atoms with van der Waals surface area (Å²) in [5.41, 5.74) is 2.24. The van der Waals surface area contributed by atoms with Gasteiger partial charge in [0.15, 0.2) is 6.10 Å². The van der Waals surface area contributed by atoms with Crippen LogP contribution in [0.4, 0.5) is 5.69 Å². The van der Waals surface area contributed by atoms with E-state index in [9.17, 15) is 9.59 Å². The molecule has 6 nitrogen and oxygen atoms in total. The molecule has 2 heterocycles. The van der Waals surface area contributed by atoms with Crippen molar-refractivity contribution in [3.05, 3.63) is 64.6 Å². The van der Waals surface area contributed by atoms with Gasteiger partial charge in [-0.15, -0.1) is 11.3 Å². The Hall–Kier alpha value is -3.06. The quantitative estimate of drug-likeness (QED) is 0.651. The van der Waals surface area contributed by atoms with E-state index >= 15 is 0 Å². The molecule has 1 unspecified atom stereocenters. The molecule has 0 saturated carbocycles. The lowest BCUT2D eigenvalue weighted by molar-refractivity contribution is -0.123. The van der Waals surface area contributed by atoms with E-state index in [-0.39, 0.29) is 0 Å². The van der Waals surface area contributed by atoms with Crippen LogP contribution in [0.2, 0.25) is 0 Å². The minimum Gasteiger partial charge on any atom is -0.495 e. The fraction of sp³-hybridized carbons (Fsp3) is 0.200. The predicted octanol–water partition coefficient (Wildman–Crippen LogP) is 4.04. The van der Waals surface area contributed by atoms with E-state index < -0.39 is 18.0 Å². The number of carbonyl (C=O) groups is 2. The number of aromatic nitrogens is 1. The number of nitrogens with one attached hydrogen (secondary N) is 1. The molecule has 1 N–H and O–H groups in total. The van der Waals surface area contributed by atoms with E-state index in [1.54, 1.807) is 19.1 Å². The van der Waals surface area contributed by atoms with E-state index in [1.165, 1.54) is 18.4 Å².